The van der Waals surface area contributed by atoms with Crippen molar-refractivity contribution >= 4 is 0 Å². The van der Waals surface area contributed by atoms with Gasteiger partial charge in [0, 0.05) is 19.8 Å². The Morgan fingerprint density at radius 1 is 1.27 bits per heavy atom. The summed E-state index contributed by atoms with van der Waals surface area (Å²) < 4.78 is 31.5. The molecule has 0 saturated carbocycles. The molecule has 84 valence electrons. The molecular formula is C11H15F2NO. The van der Waals surface area contributed by atoms with E-state index in [0.717, 1.165) is 26.1 Å². The van der Waals surface area contributed by atoms with Gasteiger partial charge in [0.2, 0.25) is 0 Å². The SMILES string of the molecule is FC1=CC=C(F)N(CC2CCOCC2)C1. The van der Waals surface area contributed by atoms with Crippen LogP contribution in [0.1, 0.15) is 12.8 Å². The first-order valence-electron chi connectivity index (χ1n) is 5.30. The highest BCUT2D eigenvalue weighted by molar-refractivity contribution is 5.17. The fraction of sp³-hybridized carbons (Fsp3) is 0.636. The van der Waals surface area contributed by atoms with Crippen LogP contribution in [0.25, 0.3) is 0 Å². The van der Waals surface area contributed by atoms with E-state index in [4.69, 9.17) is 4.74 Å². The highest BCUT2D eigenvalue weighted by atomic mass is 19.1. The van der Waals surface area contributed by atoms with E-state index in [9.17, 15) is 8.78 Å². The molecule has 0 radical (unpaired) electrons. The molecule has 0 atom stereocenters. The van der Waals surface area contributed by atoms with Gasteiger partial charge in [0.1, 0.15) is 5.83 Å². The predicted octanol–water partition coefficient (Wildman–Crippen LogP) is 2.39. The van der Waals surface area contributed by atoms with Crippen molar-refractivity contribution in [2.24, 2.45) is 5.92 Å². The molecule has 0 bridgehead atoms. The van der Waals surface area contributed by atoms with Crippen molar-refractivity contribution in [3.8, 4) is 0 Å². The molecule has 15 heavy (non-hydrogen) atoms. The zero-order chi connectivity index (χ0) is 10.7. The van der Waals surface area contributed by atoms with Gasteiger partial charge in [-0.25, -0.2) is 4.39 Å². The molecule has 2 heterocycles. The maximum absolute atomic E-state index is 13.3. The number of rotatable bonds is 2. The first-order chi connectivity index (χ1) is 7.25. The van der Waals surface area contributed by atoms with Crippen LogP contribution in [0.2, 0.25) is 0 Å². The lowest BCUT2D eigenvalue weighted by molar-refractivity contribution is 0.0539. The second-order valence-electron chi connectivity index (χ2n) is 4.04. The molecule has 0 aromatic rings. The van der Waals surface area contributed by atoms with Crippen LogP contribution in [0.4, 0.5) is 8.78 Å². The third-order valence-electron chi connectivity index (χ3n) is 2.87. The minimum atomic E-state index is -0.331. The fourth-order valence-electron chi connectivity index (χ4n) is 1.97. The minimum absolute atomic E-state index is 0.0691. The van der Waals surface area contributed by atoms with Crippen LogP contribution in [0.15, 0.2) is 23.9 Å². The molecule has 0 aliphatic carbocycles. The third-order valence-corrected chi connectivity index (χ3v) is 2.87. The lowest BCUT2D eigenvalue weighted by Crippen LogP contribution is -2.33. The van der Waals surface area contributed by atoms with E-state index in [1.54, 1.807) is 0 Å². The number of allylic oxidation sites excluding steroid dienone is 2. The molecule has 0 aromatic carbocycles. The highest BCUT2D eigenvalue weighted by Crippen LogP contribution is 2.22. The summed E-state index contributed by atoms with van der Waals surface area (Å²) in [6.07, 6.45) is 4.26. The van der Waals surface area contributed by atoms with Crippen LogP contribution in [-0.4, -0.2) is 31.2 Å². The molecule has 2 rings (SSSR count). The van der Waals surface area contributed by atoms with E-state index in [2.05, 4.69) is 0 Å². The molecule has 0 spiro atoms. The van der Waals surface area contributed by atoms with Crippen molar-refractivity contribution in [3.63, 3.8) is 0 Å². The van der Waals surface area contributed by atoms with Crippen molar-refractivity contribution in [1.82, 2.24) is 4.90 Å². The Balaban J connectivity index is 1.89. The molecular weight excluding hydrogens is 200 g/mol. The first-order valence-corrected chi connectivity index (χ1v) is 5.30. The summed E-state index contributed by atoms with van der Waals surface area (Å²) in [5.41, 5.74) is 0. The summed E-state index contributed by atoms with van der Waals surface area (Å²) in [5.74, 6) is -0.185. The van der Waals surface area contributed by atoms with Gasteiger partial charge in [0.25, 0.3) is 0 Å². The molecule has 4 heteroatoms. The maximum atomic E-state index is 13.3. The molecule has 1 fully saturated rings. The Hall–Kier alpha value is -0.900. The smallest absolute Gasteiger partial charge is 0.190 e. The monoisotopic (exact) mass is 215 g/mol. The minimum Gasteiger partial charge on any atom is -0.381 e. The summed E-state index contributed by atoms with van der Waals surface area (Å²) in [7, 11) is 0. The number of halogens is 2. The standard InChI is InChI=1S/C11H15F2NO/c12-10-1-2-11(13)14(8-10)7-9-3-5-15-6-4-9/h1-2,9H,3-8H2. The first kappa shape index (κ1) is 10.6. The topological polar surface area (TPSA) is 12.5 Å². The molecule has 2 aliphatic rings. The zero-order valence-electron chi connectivity index (χ0n) is 8.59. The van der Waals surface area contributed by atoms with Crippen molar-refractivity contribution in [2.45, 2.75) is 12.8 Å². The van der Waals surface area contributed by atoms with Gasteiger partial charge in [0.05, 0.1) is 6.54 Å². The second-order valence-corrected chi connectivity index (χ2v) is 4.04. The molecule has 2 nitrogen and oxygen atoms in total. The lowest BCUT2D eigenvalue weighted by atomic mass is 9.99. The summed E-state index contributed by atoms with van der Waals surface area (Å²) >= 11 is 0. The van der Waals surface area contributed by atoms with Crippen molar-refractivity contribution in [3.05, 3.63) is 23.9 Å². The molecule has 2 aliphatic heterocycles. The van der Waals surface area contributed by atoms with Crippen LogP contribution in [0.5, 0.6) is 0 Å². The van der Waals surface area contributed by atoms with E-state index in [1.165, 1.54) is 17.1 Å². The molecule has 0 unspecified atom stereocenters. The molecule has 0 N–H and O–H groups in total. The van der Waals surface area contributed by atoms with Gasteiger partial charge in [-0.1, -0.05) is 0 Å². The van der Waals surface area contributed by atoms with Gasteiger partial charge >= 0.3 is 0 Å². The fourth-order valence-corrected chi connectivity index (χ4v) is 1.97. The number of hydrogen-bond acceptors (Lipinski definition) is 2. The lowest BCUT2D eigenvalue weighted by Gasteiger charge is -2.30. The summed E-state index contributed by atoms with van der Waals surface area (Å²) in [5, 5.41) is 0. The average Bonchev–Trinajstić information content (AvgIpc) is 2.25. The van der Waals surface area contributed by atoms with Crippen molar-refractivity contribution in [1.29, 1.82) is 0 Å². The number of nitrogens with zero attached hydrogens (tertiary/aromatic N) is 1. The summed E-state index contributed by atoms with van der Waals surface area (Å²) in [6, 6.07) is 0. The van der Waals surface area contributed by atoms with E-state index in [1.807, 2.05) is 0 Å². The van der Waals surface area contributed by atoms with Gasteiger partial charge in [0.15, 0.2) is 5.95 Å². The Morgan fingerprint density at radius 3 is 2.73 bits per heavy atom. The highest BCUT2D eigenvalue weighted by Gasteiger charge is 2.21. The van der Waals surface area contributed by atoms with E-state index < -0.39 is 0 Å². The van der Waals surface area contributed by atoms with Gasteiger partial charge in [-0.2, -0.15) is 4.39 Å². The van der Waals surface area contributed by atoms with Crippen molar-refractivity contribution < 1.29 is 13.5 Å². The number of hydrogen-bond donors (Lipinski definition) is 0. The van der Waals surface area contributed by atoms with Crippen molar-refractivity contribution in [2.75, 3.05) is 26.3 Å². The van der Waals surface area contributed by atoms with Crippen LogP contribution in [0, 0.1) is 5.92 Å². The number of ether oxygens (including phenoxy) is 1. The van der Waals surface area contributed by atoms with E-state index in [0.29, 0.717) is 12.5 Å². The normalized spacial score (nSPS) is 23.7. The average molecular weight is 215 g/mol. The largest absolute Gasteiger partial charge is 0.381 e. The third kappa shape index (κ3) is 2.78. The zero-order valence-corrected chi connectivity index (χ0v) is 8.59. The summed E-state index contributed by atoms with van der Waals surface area (Å²) in [4.78, 5) is 1.46. The van der Waals surface area contributed by atoms with E-state index >= 15 is 0 Å². The predicted molar refractivity (Wildman–Crippen MR) is 53.5 cm³/mol. The second kappa shape index (κ2) is 4.75. The Labute approximate surface area is 88.2 Å². The quantitative estimate of drug-likeness (QED) is 0.656. The van der Waals surface area contributed by atoms with Crippen LogP contribution in [0.3, 0.4) is 0 Å². The van der Waals surface area contributed by atoms with Gasteiger partial charge < -0.3 is 9.64 Å². The van der Waals surface area contributed by atoms with Crippen LogP contribution < -0.4 is 0 Å². The molecule has 1 saturated heterocycles. The Bertz CT molecular complexity index is 282. The maximum Gasteiger partial charge on any atom is 0.190 e. The Morgan fingerprint density at radius 2 is 2.00 bits per heavy atom. The summed E-state index contributed by atoms with van der Waals surface area (Å²) in [6.45, 7) is 2.14. The van der Waals surface area contributed by atoms with Crippen LogP contribution in [-0.2, 0) is 4.74 Å². The molecule has 0 aromatic heterocycles. The van der Waals surface area contributed by atoms with E-state index in [-0.39, 0.29) is 18.3 Å². The van der Waals surface area contributed by atoms with Crippen LogP contribution >= 0.6 is 0 Å². The molecule has 0 amide bonds. The van der Waals surface area contributed by atoms with Gasteiger partial charge in [-0.05, 0) is 30.9 Å². The van der Waals surface area contributed by atoms with Gasteiger partial charge in [-0.15, -0.1) is 0 Å². The van der Waals surface area contributed by atoms with Gasteiger partial charge in [-0.3, -0.25) is 0 Å². The Kier molecular flexibility index (Phi) is 3.36.